The molecule has 3 aromatic heterocycles. The van der Waals surface area contributed by atoms with Crippen LogP contribution < -0.4 is 5.32 Å². The first-order chi connectivity index (χ1) is 19.7. The van der Waals surface area contributed by atoms with E-state index in [0.717, 1.165) is 44.9 Å². The van der Waals surface area contributed by atoms with E-state index in [2.05, 4.69) is 31.5 Å². The Kier molecular flexibility index (Phi) is 7.41. The zero-order valence-electron chi connectivity index (χ0n) is 21.4. The highest BCUT2D eigenvalue weighted by Crippen LogP contribution is 2.28. The van der Waals surface area contributed by atoms with Gasteiger partial charge < -0.3 is 10.4 Å². The average molecular weight is 559 g/mol. The number of hydrogen-bond donors (Lipinski definition) is 2. The quantitative estimate of drug-likeness (QED) is 0.274. The molecule has 0 saturated carbocycles. The molecular weight excluding hydrogens is 537 g/mol. The van der Waals surface area contributed by atoms with E-state index in [4.69, 9.17) is 14.9 Å². The predicted octanol–water partition coefficient (Wildman–Crippen LogP) is 5.75. The summed E-state index contributed by atoms with van der Waals surface area (Å²) in [4.78, 5) is 22.4. The van der Waals surface area contributed by atoms with Crippen LogP contribution in [-0.2, 0) is 4.79 Å². The van der Waals surface area contributed by atoms with Crippen LogP contribution in [0.1, 0.15) is 5.82 Å². The molecule has 0 fully saturated rings. The van der Waals surface area contributed by atoms with Gasteiger partial charge >= 0.3 is 12.1 Å². The molecule has 0 aliphatic heterocycles. The smallest absolute Gasteiger partial charge is 0.475 e. The molecule has 0 spiro atoms. The van der Waals surface area contributed by atoms with E-state index in [1.807, 2.05) is 96.9 Å². The molecule has 0 saturated heterocycles. The number of benzene rings is 3. The van der Waals surface area contributed by atoms with Crippen molar-refractivity contribution in [2.75, 3.05) is 5.32 Å². The summed E-state index contributed by atoms with van der Waals surface area (Å²) >= 11 is 0. The van der Waals surface area contributed by atoms with Gasteiger partial charge in [-0.25, -0.2) is 29.1 Å². The number of carbonyl (C=O) groups is 1. The van der Waals surface area contributed by atoms with Crippen molar-refractivity contribution in [3.8, 4) is 22.5 Å². The number of aromatic nitrogens is 7. The molecule has 13 heteroatoms. The Bertz CT molecular complexity index is 1800. The molecule has 0 amide bonds. The second-order valence-corrected chi connectivity index (χ2v) is 8.66. The second kappa shape index (κ2) is 11.3. The fourth-order valence-electron chi connectivity index (χ4n) is 3.83. The van der Waals surface area contributed by atoms with Crippen LogP contribution in [-0.4, -0.2) is 51.8 Å². The summed E-state index contributed by atoms with van der Waals surface area (Å²) in [6, 6.07) is 24.0. The fourth-order valence-corrected chi connectivity index (χ4v) is 3.83. The first-order valence-electron chi connectivity index (χ1n) is 12.1. The topological polar surface area (TPSA) is 124 Å². The van der Waals surface area contributed by atoms with E-state index < -0.39 is 12.1 Å². The minimum Gasteiger partial charge on any atom is -0.475 e. The SMILES string of the molecule is Cc1ncn(-c2ccc(Nc3ncc4cccc(-c5cnn(-c6ccccc6)c5)c4n3)cc2)n1.O=C(O)C(F)(F)F. The van der Waals surface area contributed by atoms with E-state index in [1.54, 1.807) is 11.0 Å². The number of nitrogens with one attached hydrogen (secondary N) is 1. The summed E-state index contributed by atoms with van der Waals surface area (Å²) in [5.41, 5.74) is 5.68. The highest BCUT2D eigenvalue weighted by atomic mass is 19.4. The molecule has 6 aromatic rings. The molecule has 0 bridgehead atoms. The molecule has 41 heavy (non-hydrogen) atoms. The van der Waals surface area contributed by atoms with Crippen LogP contribution in [0.2, 0.25) is 0 Å². The number of fused-ring (bicyclic) bond motifs is 1. The molecule has 10 nitrogen and oxygen atoms in total. The van der Waals surface area contributed by atoms with E-state index in [1.165, 1.54) is 0 Å². The minimum absolute atomic E-state index is 0.528. The number of aryl methyl sites for hydroxylation is 1. The summed E-state index contributed by atoms with van der Waals surface area (Å²) in [6.07, 6.45) is 2.33. The highest BCUT2D eigenvalue weighted by molar-refractivity contribution is 5.93. The largest absolute Gasteiger partial charge is 0.490 e. The van der Waals surface area contributed by atoms with Gasteiger partial charge in [-0.15, -0.1) is 0 Å². The molecule has 0 radical (unpaired) electrons. The lowest BCUT2D eigenvalue weighted by Gasteiger charge is -2.09. The summed E-state index contributed by atoms with van der Waals surface area (Å²) < 4.78 is 35.3. The van der Waals surface area contributed by atoms with Crippen molar-refractivity contribution in [3.05, 3.63) is 104 Å². The van der Waals surface area contributed by atoms with Gasteiger partial charge in [-0.1, -0.05) is 36.4 Å². The number of halogens is 3. The van der Waals surface area contributed by atoms with Crippen molar-refractivity contribution >= 4 is 28.5 Å². The first-order valence-corrected chi connectivity index (χ1v) is 12.1. The van der Waals surface area contributed by atoms with Crippen LogP contribution in [0, 0.1) is 6.92 Å². The predicted molar refractivity (Wildman–Crippen MR) is 145 cm³/mol. The second-order valence-electron chi connectivity index (χ2n) is 8.66. The Morgan fingerprint density at radius 1 is 0.878 bits per heavy atom. The maximum absolute atomic E-state index is 10.6. The number of nitrogens with zero attached hydrogens (tertiary/aromatic N) is 7. The Morgan fingerprint density at radius 3 is 2.24 bits per heavy atom. The third kappa shape index (κ3) is 6.36. The Labute approximate surface area is 230 Å². The monoisotopic (exact) mass is 558 g/mol. The summed E-state index contributed by atoms with van der Waals surface area (Å²) in [5, 5.41) is 20.3. The van der Waals surface area contributed by atoms with Crippen molar-refractivity contribution in [2.45, 2.75) is 13.1 Å². The molecule has 3 aromatic carbocycles. The van der Waals surface area contributed by atoms with Crippen molar-refractivity contribution in [2.24, 2.45) is 0 Å². The maximum Gasteiger partial charge on any atom is 0.490 e. The lowest BCUT2D eigenvalue weighted by Crippen LogP contribution is -2.21. The average Bonchev–Trinajstić information content (AvgIpc) is 3.63. The number of anilines is 2. The third-order valence-electron chi connectivity index (χ3n) is 5.76. The van der Waals surface area contributed by atoms with Gasteiger partial charge in [-0.2, -0.15) is 23.4 Å². The minimum atomic E-state index is -5.08. The number of aliphatic carboxylic acids is 1. The Morgan fingerprint density at radius 2 is 1.59 bits per heavy atom. The molecule has 0 aliphatic carbocycles. The molecule has 0 aliphatic rings. The van der Waals surface area contributed by atoms with Crippen molar-refractivity contribution in [1.29, 1.82) is 0 Å². The lowest BCUT2D eigenvalue weighted by molar-refractivity contribution is -0.192. The van der Waals surface area contributed by atoms with Crippen LogP contribution >= 0.6 is 0 Å². The van der Waals surface area contributed by atoms with Crippen LogP contribution in [0.4, 0.5) is 24.8 Å². The summed E-state index contributed by atoms with van der Waals surface area (Å²) in [5.74, 6) is -1.50. The van der Waals surface area contributed by atoms with Crippen molar-refractivity contribution < 1.29 is 23.1 Å². The van der Waals surface area contributed by atoms with Gasteiger partial charge in [0, 0.05) is 34.6 Å². The molecule has 0 atom stereocenters. The van der Waals surface area contributed by atoms with Gasteiger partial charge in [-0.05, 0) is 43.3 Å². The van der Waals surface area contributed by atoms with Crippen LogP contribution in [0.15, 0.2) is 97.7 Å². The number of hydrogen-bond acceptors (Lipinski definition) is 7. The number of para-hydroxylation sites is 2. The van der Waals surface area contributed by atoms with Gasteiger partial charge in [-0.3, -0.25) is 0 Å². The summed E-state index contributed by atoms with van der Waals surface area (Å²) in [7, 11) is 0. The molecule has 6 rings (SSSR count). The highest BCUT2D eigenvalue weighted by Gasteiger charge is 2.38. The van der Waals surface area contributed by atoms with Crippen LogP contribution in [0.3, 0.4) is 0 Å². The van der Waals surface area contributed by atoms with E-state index in [-0.39, 0.29) is 0 Å². The zero-order chi connectivity index (χ0) is 29.0. The zero-order valence-corrected chi connectivity index (χ0v) is 21.4. The number of rotatable bonds is 5. The van der Waals surface area contributed by atoms with Crippen molar-refractivity contribution in [3.63, 3.8) is 0 Å². The fraction of sp³-hybridized carbons (Fsp3) is 0.0714. The van der Waals surface area contributed by atoms with E-state index in [0.29, 0.717) is 5.95 Å². The number of carboxylic acid groups (broad SMARTS) is 1. The van der Waals surface area contributed by atoms with Crippen LogP contribution in [0.25, 0.3) is 33.4 Å². The maximum atomic E-state index is 10.6. The normalized spacial score (nSPS) is 11.1. The Balaban J connectivity index is 0.000000431. The van der Waals surface area contributed by atoms with Gasteiger partial charge in [0.05, 0.1) is 23.1 Å². The standard InChI is InChI=1S/C26H20N8.C2HF3O2/c1-18-28-17-34(32-18)23-12-10-21(11-13-23)30-26-27-14-19-6-5-9-24(25(19)31-26)20-15-29-33(16-20)22-7-3-2-4-8-22;3-2(4,5)1(6)7/h2-17H,1H3,(H,27,30,31);(H,6,7). The van der Waals surface area contributed by atoms with Gasteiger partial charge in [0.2, 0.25) is 5.95 Å². The molecule has 206 valence electrons. The number of carboxylic acids is 1. The van der Waals surface area contributed by atoms with Gasteiger partial charge in [0.25, 0.3) is 0 Å². The molecule has 3 heterocycles. The molecule has 2 N–H and O–H groups in total. The first kappa shape index (κ1) is 27.0. The summed E-state index contributed by atoms with van der Waals surface area (Å²) in [6.45, 7) is 1.87. The lowest BCUT2D eigenvalue weighted by atomic mass is 10.1. The van der Waals surface area contributed by atoms with Gasteiger partial charge in [0.1, 0.15) is 12.2 Å². The van der Waals surface area contributed by atoms with E-state index in [9.17, 15) is 13.2 Å². The molecule has 0 unspecified atom stereocenters. The molecular formula is C28H21F3N8O2. The van der Waals surface area contributed by atoms with E-state index >= 15 is 0 Å². The number of alkyl halides is 3. The Hall–Kier alpha value is -5.59. The third-order valence-corrected chi connectivity index (χ3v) is 5.76. The van der Waals surface area contributed by atoms with Gasteiger partial charge in [0.15, 0.2) is 0 Å². The van der Waals surface area contributed by atoms with Crippen LogP contribution in [0.5, 0.6) is 0 Å². The van der Waals surface area contributed by atoms with Crippen molar-refractivity contribution in [1.82, 2.24) is 34.5 Å².